The molecule has 0 aliphatic heterocycles. The van der Waals surface area contributed by atoms with Gasteiger partial charge in [-0.1, -0.05) is 0 Å². The number of halogens is 1. The summed E-state index contributed by atoms with van der Waals surface area (Å²) in [6, 6.07) is 4.91. The Bertz CT molecular complexity index is 661. The summed E-state index contributed by atoms with van der Waals surface area (Å²) in [6.07, 6.45) is 0. The smallest absolute Gasteiger partial charge is 0.354 e. The first kappa shape index (κ1) is 11.9. The van der Waals surface area contributed by atoms with Gasteiger partial charge in [-0.15, -0.1) is 0 Å². The van der Waals surface area contributed by atoms with Gasteiger partial charge in [0.05, 0.1) is 18.0 Å². The molecule has 1 aromatic heterocycles. The van der Waals surface area contributed by atoms with Gasteiger partial charge in [0.15, 0.2) is 5.43 Å². The topological polar surface area (TPSA) is 59.2 Å². The molecule has 0 aliphatic carbocycles. The van der Waals surface area contributed by atoms with Crippen molar-refractivity contribution in [1.29, 1.82) is 0 Å². The summed E-state index contributed by atoms with van der Waals surface area (Å²) < 4.78 is 5.29. The molecule has 1 N–H and O–H groups in total. The molecule has 0 aliphatic rings. The number of ether oxygens (including phenoxy) is 1. The Morgan fingerprint density at radius 1 is 1.35 bits per heavy atom. The van der Waals surface area contributed by atoms with E-state index in [4.69, 9.17) is 0 Å². The number of rotatable bonds is 1. The summed E-state index contributed by atoms with van der Waals surface area (Å²) in [5.41, 5.74) is 1.54. The lowest BCUT2D eigenvalue weighted by Gasteiger charge is -2.05. The molecule has 0 unspecified atom stereocenters. The molecule has 0 spiro atoms. The van der Waals surface area contributed by atoms with Crippen LogP contribution in [0.4, 0.5) is 0 Å². The maximum Gasteiger partial charge on any atom is 0.354 e. The highest BCUT2D eigenvalue weighted by atomic mass is 79.9. The molecule has 1 heterocycles. The Morgan fingerprint density at radius 2 is 2.06 bits per heavy atom. The van der Waals surface area contributed by atoms with E-state index in [2.05, 4.69) is 25.7 Å². The van der Waals surface area contributed by atoms with Gasteiger partial charge in [0.2, 0.25) is 0 Å². The zero-order valence-electron chi connectivity index (χ0n) is 9.33. The van der Waals surface area contributed by atoms with Gasteiger partial charge in [-0.05, 0) is 40.5 Å². The maximum absolute atomic E-state index is 11.9. The minimum atomic E-state index is -0.554. The number of aryl methyl sites for hydroxylation is 1. The fourth-order valence-electron chi connectivity index (χ4n) is 1.70. The van der Waals surface area contributed by atoms with Crippen LogP contribution >= 0.6 is 15.9 Å². The number of fused-ring (bicyclic) bond motifs is 1. The van der Waals surface area contributed by atoms with E-state index < -0.39 is 5.97 Å². The van der Waals surface area contributed by atoms with Crippen LogP contribution in [0.25, 0.3) is 10.9 Å². The van der Waals surface area contributed by atoms with Gasteiger partial charge in [0.1, 0.15) is 5.69 Å². The van der Waals surface area contributed by atoms with Crippen molar-refractivity contribution >= 4 is 32.8 Å². The third-order valence-electron chi connectivity index (χ3n) is 2.43. The normalized spacial score (nSPS) is 10.5. The molecule has 0 amide bonds. The lowest BCUT2D eigenvalue weighted by atomic mass is 10.1. The lowest BCUT2D eigenvalue weighted by Crippen LogP contribution is -2.11. The first-order valence-electron chi connectivity index (χ1n) is 4.94. The van der Waals surface area contributed by atoms with Gasteiger partial charge >= 0.3 is 5.97 Å². The average molecular weight is 296 g/mol. The van der Waals surface area contributed by atoms with Gasteiger partial charge in [-0.2, -0.15) is 0 Å². The van der Waals surface area contributed by atoms with Crippen molar-refractivity contribution in [2.24, 2.45) is 0 Å². The number of hydrogen-bond acceptors (Lipinski definition) is 3. The van der Waals surface area contributed by atoms with Crippen LogP contribution in [0.2, 0.25) is 0 Å². The van der Waals surface area contributed by atoms with Crippen molar-refractivity contribution in [2.75, 3.05) is 7.11 Å². The number of benzene rings is 1. The Kier molecular flexibility index (Phi) is 3.02. The summed E-state index contributed by atoms with van der Waals surface area (Å²) in [5, 5.41) is 0.531. The predicted molar refractivity (Wildman–Crippen MR) is 68.3 cm³/mol. The van der Waals surface area contributed by atoms with E-state index in [-0.39, 0.29) is 11.1 Å². The standard InChI is InChI=1S/C12H10BrNO3/c1-6-3-7(13)11-8(4-6)14-9(5-10(11)15)12(16)17-2/h3-5H,1-2H3,(H,14,15). The highest BCUT2D eigenvalue weighted by Gasteiger charge is 2.11. The van der Waals surface area contributed by atoms with Gasteiger partial charge in [-0.3, -0.25) is 4.79 Å². The van der Waals surface area contributed by atoms with Gasteiger partial charge in [-0.25, -0.2) is 4.79 Å². The molecular formula is C12H10BrNO3. The summed E-state index contributed by atoms with van der Waals surface area (Å²) in [4.78, 5) is 26.2. The first-order valence-corrected chi connectivity index (χ1v) is 5.73. The lowest BCUT2D eigenvalue weighted by molar-refractivity contribution is 0.0594. The van der Waals surface area contributed by atoms with Crippen molar-refractivity contribution in [3.05, 3.63) is 44.2 Å². The van der Waals surface area contributed by atoms with Crippen LogP contribution in [-0.2, 0) is 4.74 Å². The van der Waals surface area contributed by atoms with Crippen LogP contribution in [0.5, 0.6) is 0 Å². The number of carbonyl (C=O) groups is 1. The molecule has 0 saturated carbocycles. The monoisotopic (exact) mass is 295 g/mol. The second kappa shape index (κ2) is 4.33. The minimum Gasteiger partial charge on any atom is -0.464 e. The number of pyridine rings is 1. The molecule has 0 radical (unpaired) electrons. The molecule has 0 atom stereocenters. The molecular weight excluding hydrogens is 286 g/mol. The Balaban J connectivity index is 2.82. The Hall–Kier alpha value is -1.62. The van der Waals surface area contributed by atoms with Crippen LogP contribution in [0.15, 0.2) is 27.5 Å². The zero-order valence-corrected chi connectivity index (χ0v) is 10.9. The second-order valence-corrected chi connectivity index (χ2v) is 4.56. The van der Waals surface area contributed by atoms with E-state index in [0.717, 1.165) is 5.56 Å². The fraction of sp³-hybridized carbons (Fsp3) is 0.167. The molecule has 0 fully saturated rings. The number of H-pyrrole nitrogens is 1. The fourth-order valence-corrected chi connectivity index (χ4v) is 2.47. The van der Waals surface area contributed by atoms with Crippen molar-refractivity contribution in [3.8, 4) is 0 Å². The number of nitrogens with one attached hydrogen (secondary N) is 1. The number of aromatic nitrogens is 1. The van der Waals surface area contributed by atoms with E-state index in [9.17, 15) is 9.59 Å². The number of aromatic amines is 1. The largest absolute Gasteiger partial charge is 0.464 e. The number of hydrogen-bond donors (Lipinski definition) is 1. The van der Waals surface area contributed by atoms with Gasteiger partial charge in [0.25, 0.3) is 0 Å². The molecule has 88 valence electrons. The third-order valence-corrected chi connectivity index (χ3v) is 3.06. The summed E-state index contributed by atoms with van der Waals surface area (Å²) in [5.74, 6) is -0.554. The summed E-state index contributed by atoms with van der Waals surface area (Å²) in [6.45, 7) is 1.91. The van der Waals surface area contributed by atoms with E-state index in [1.165, 1.54) is 13.2 Å². The van der Waals surface area contributed by atoms with E-state index in [0.29, 0.717) is 15.4 Å². The highest BCUT2D eigenvalue weighted by molar-refractivity contribution is 9.10. The molecule has 17 heavy (non-hydrogen) atoms. The van der Waals surface area contributed by atoms with Gasteiger partial charge < -0.3 is 9.72 Å². The molecule has 5 heteroatoms. The number of carbonyl (C=O) groups excluding carboxylic acids is 1. The minimum absolute atomic E-state index is 0.155. The predicted octanol–water partition coefficient (Wildman–Crippen LogP) is 2.39. The van der Waals surface area contributed by atoms with Crippen molar-refractivity contribution in [1.82, 2.24) is 4.98 Å². The summed E-state index contributed by atoms with van der Waals surface area (Å²) in [7, 11) is 1.27. The van der Waals surface area contributed by atoms with Crippen molar-refractivity contribution < 1.29 is 9.53 Å². The molecule has 0 bridgehead atoms. The molecule has 2 aromatic rings. The van der Waals surface area contributed by atoms with E-state index >= 15 is 0 Å². The average Bonchev–Trinajstić information content (AvgIpc) is 2.26. The van der Waals surface area contributed by atoms with Crippen LogP contribution in [-0.4, -0.2) is 18.1 Å². The molecule has 1 aromatic carbocycles. The second-order valence-electron chi connectivity index (χ2n) is 3.71. The molecule has 2 rings (SSSR count). The van der Waals surface area contributed by atoms with Crippen LogP contribution in [0.3, 0.4) is 0 Å². The highest BCUT2D eigenvalue weighted by Crippen LogP contribution is 2.21. The SMILES string of the molecule is COC(=O)c1cc(=O)c2c(Br)cc(C)cc2[nH]1. The summed E-state index contributed by atoms with van der Waals surface area (Å²) >= 11 is 3.34. The Labute approximate surface area is 106 Å². The van der Waals surface area contributed by atoms with Crippen LogP contribution in [0, 0.1) is 6.92 Å². The van der Waals surface area contributed by atoms with Crippen LogP contribution < -0.4 is 5.43 Å². The third kappa shape index (κ3) is 2.10. The van der Waals surface area contributed by atoms with E-state index in [1.807, 2.05) is 19.1 Å². The molecule has 0 saturated heterocycles. The Morgan fingerprint density at radius 3 is 2.71 bits per heavy atom. The molecule has 4 nitrogen and oxygen atoms in total. The van der Waals surface area contributed by atoms with Crippen molar-refractivity contribution in [2.45, 2.75) is 6.92 Å². The number of esters is 1. The number of methoxy groups -OCH3 is 1. The zero-order chi connectivity index (χ0) is 12.6. The maximum atomic E-state index is 11.9. The van der Waals surface area contributed by atoms with Crippen LogP contribution in [0.1, 0.15) is 16.1 Å². The van der Waals surface area contributed by atoms with E-state index in [1.54, 1.807) is 0 Å². The quantitative estimate of drug-likeness (QED) is 0.822. The first-order chi connectivity index (χ1) is 8.02. The van der Waals surface area contributed by atoms with Crippen molar-refractivity contribution in [3.63, 3.8) is 0 Å². The van der Waals surface area contributed by atoms with Gasteiger partial charge in [0, 0.05) is 10.5 Å².